The number of benzene rings is 1. The van der Waals surface area contributed by atoms with Gasteiger partial charge in [0, 0.05) is 8.35 Å². The summed E-state index contributed by atoms with van der Waals surface area (Å²) in [5.74, 6) is 0.948. The van der Waals surface area contributed by atoms with Gasteiger partial charge in [0.1, 0.15) is 11.4 Å². The van der Waals surface area contributed by atoms with Crippen molar-refractivity contribution in [2.45, 2.75) is 30.3 Å². The molecule has 0 aliphatic rings. The van der Waals surface area contributed by atoms with Crippen LogP contribution in [0.1, 0.15) is 30.3 Å². The molecular weight excluding hydrogens is 414 g/mol. The Morgan fingerprint density at radius 2 is 1.73 bits per heavy atom. The van der Waals surface area contributed by atoms with Crippen molar-refractivity contribution in [3.63, 3.8) is 0 Å². The molecule has 15 heavy (non-hydrogen) atoms. The van der Waals surface area contributed by atoms with Crippen molar-refractivity contribution in [2.24, 2.45) is 0 Å². The lowest BCUT2D eigenvalue weighted by atomic mass is 10.1. The van der Waals surface area contributed by atoms with Gasteiger partial charge in [-0.2, -0.15) is 0 Å². The van der Waals surface area contributed by atoms with E-state index in [9.17, 15) is 0 Å². The first-order valence-electron chi connectivity index (χ1n) is 4.91. The molecule has 0 radical (unpaired) electrons. The van der Waals surface area contributed by atoms with Crippen molar-refractivity contribution in [1.82, 2.24) is 0 Å². The molecule has 0 N–H and O–H groups in total. The molecule has 3 heteroatoms. The Kier molecular flexibility index (Phi) is 5.15. The van der Waals surface area contributed by atoms with Gasteiger partial charge in [0.15, 0.2) is 0 Å². The standard InChI is InChI=1S/C12H16I2O/c1-12(2,3)15-10-6-4-9(5-7-10)11(14)8-13/h4-7,11H,8H2,1-3H3. The second kappa shape index (κ2) is 5.70. The third-order valence-corrected chi connectivity index (χ3v) is 5.53. The molecule has 0 spiro atoms. The predicted octanol–water partition coefficient (Wildman–Crippen LogP) is 4.78. The lowest BCUT2D eigenvalue weighted by Gasteiger charge is -2.21. The van der Waals surface area contributed by atoms with Crippen molar-refractivity contribution in [1.29, 1.82) is 0 Å². The molecule has 0 bridgehead atoms. The van der Waals surface area contributed by atoms with Crippen LogP contribution < -0.4 is 4.74 Å². The van der Waals surface area contributed by atoms with Crippen molar-refractivity contribution in [3.05, 3.63) is 29.8 Å². The molecule has 0 aliphatic heterocycles. The highest BCUT2D eigenvalue weighted by molar-refractivity contribution is 14.1. The monoisotopic (exact) mass is 430 g/mol. The van der Waals surface area contributed by atoms with Crippen LogP contribution in [0.5, 0.6) is 5.75 Å². The quantitative estimate of drug-likeness (QED) is 0.496. The van der Waals surface area contributed by atoms with Crippen LogP contribution >= 0.6 is 45.2 Å². The highest BCUT2D eigenvalue weighted by Gasteiger charge is 2.12. The highest BCUT2D eigenvalue weighted by Crippen LogP contribution is 2.27. The molecular formula is C12H16I2O. The molecule has 0 aromatic heterocycles. The summed E-state index contributed by atoms with van der Waals surface area (Å²) in [6, 6.07) is 8.41. The Labute approximate surface area is 119 Å². The molecule has 0 heterocycles. The van der Waals surface area contributed by atoms with Crippen molar-refractivity contribution in [2.75, 3.05) is 4.43 Å². The van der Waals surface area contributed by atoms with Crippen LogP contribution in [0.2, 0.25) is 0 Å². The average molecular weight is 430 g/mol. The molecule has 0 amide bonds. The molecule has 0 saturated carbocycles. The summed E-state index contributed by atoms with van der Waals surface area (Å²) in [6.45, 7) is 6.19. The molecule has 1 rings (SSSR count). The summed E-state index contributed by atoms with van der Waals surface area (Å²) in [6.07, 6.45) is 0. The fourth-order valence-corrected chi connectivity index (χ4v) is 2.11. The summed E-state index contributed by atoms with van der Waals surface area (Å²) >= 11 is 4.87. The Bertz CT molecular complexity index is 300. The van der Waals surface area contributed by atoms with E-state index in [0.717, 1.165) is 10.2 Å². The van der Waals surface area contributed by atoms with Gasteiger partial charge in [-0.3, -0.25) is 0 Å². The first-order chi connectivity index (χ1) is 6.92. The van der Waals surface area contributed by atoms with E-state index in [1.165, 1.54) is 5.56 Å². The van der Waals surface area contributed by atoms with Gasteiger partial charge >= 0.3 is 0 Å². The average Bonchev–Trinajstić information content (AvgIpc) is 2.15. The second-order valence-electron chi connectivity index (χ2n) is 4.41. The number of hydrogen-bond acceptors (Lipinski definition) is 1. The molecule has 0 fully saturated rings. The van der Waals surface area contributed by atoms with Crippen LogP contribution in [0, 0.1) is 0 Å². The van der Waals surface area contributed by atoms with E-state index in [0.29, 0.717) is 3.92 Å². The lowest BCUT2D eigenvalue weighted by Crippen LogP contribution is -2.22. The lowest BCUT2D eigenvalue weighted by molar-refractivity contribution is 0.131. The van der Waals surface area contributed by atoms with Crippen molar-refractivity contribution in [3.8, 4) is 5.75 Å². The van der Waals surface area contributed by atoms with Gasteiger partial charge in [-0.1, -0.05) is 57.3 Å². The maximum absolute atomic E-state index is 5.77. The zero-order valence-corrected chi connectivity index (χ0v) is 13.6. The third-order valence-electron chi connectivity index (χ3n) is 1.80. The van der Waals surface area contributed by atoms with Gasteiger partial charge < -0.3 is 4.74 Å². The van der Waals surface area contributed by atoms with Crippen LogP contribution in [0.15, 0.2) is 24.3 Å². The van der Waals surface area contributed by atoms with Gasteiger partial charge in [0.05, 0.1) is 0 Å². The summed E-state index contributed by atoms with van der Waals surface area (Å²) in [5.41, 5.74) is 1.25. The highest BCUT2D eigenvalue weighted by atomic mass is 127. The molecule has 0 aliphatic carbocycles. The second-order valence-corrected chi connectivity index (χ2v) is 6.79. The Morgan fingerprint density at radius 1 is 1.20 bits per heavy atom. The van der Waals surface area contributed by atoms with Gasteiger partial charge in [-0.05, 0) is 38.5 Å². The van der Waals surface area contributed by atoms with Gasteiger partial charge in [-0.15, -0.1) is 0 Å². The zero-order chi connectivity index (χ0) is 11.5. The van der Waals surface area contributed by atoms with E-state index >= 15 is 0 Å². The number of halogens is 2. The predicted molar refractivity (Wildman–Crippen MR) is 82.5 cm³/mol. The minimum absolute atomic E-state index is 0.117. The number of rotatable bonds is 3. The van der Waals surface area contributed by atoms with Crippen LogP contribution in [0.3, 0.4) is 0 Å². The summed E-state index contributed by atoms with van der Waals surface area (Å²) < 4.78 is 7.49. The fourth-order valence-electron chi connectivity index (χ4n) is 1.19. The van der Waals surface area contributed by atoms with Crippen LogP contribution in [0.4, 0.5) is 0 Å². The molecule has 1 atom stereocenters. The van der Waals surface area contributed by atoms with Crippen LogP contribution in [-0.2, 0) is 0 Å². The zero-order valence-electron chi connectivity index (χ0n) is 9.26. The number of ether oxygens (including phenoxy) is 1. The van der Waals surface area contributed by atoms with E-state index < -0.39 is 0 Å². The minimum Gasteiger partial charge on any atom is -0.488 e. The largest absolute Gasteiger partial charge is 0.488 e. The van der Waals surface area contributed by atoms with Crippen LogP contribution in [0.25, 0.3) is 0 Å². The first-order valence-corrected chi connectivity index (χ1v) is 7.68. The molecule has 1 aromatic carbocycles. The van der Waals surface area contributed by atoms with Crippen molar-refractivity contribution >= 4 is 45.2 Å². The number of alkyl halides is 2. The van der Waals surface area contributed by atoms with E-state index in [4.69, 9.17) is 4.74 Å². The maximum atomic E-state index is 5.77. The summed E-state index contributed by atoms with van der Waals surface area (Å²) in [7, 11) is 0. The normalized spacial score (nSPS) is 13.7. The maximum Gasteiger partial charge on any atom is 0.120 e. The molecule has 1 nitrogen and oxygen atoms in total. The Balaban J connectivity index is 2.72. The third kappa shape index (κ3) is 4.89. The first kappa shape index (κ1) is 13.5. The smallest absolute Gasteiger partial charge is 0.120 e. The van der Waals surface area contributed by atoms with E-state index in [1.807, 2.05) is 0 Å². The summed E-state index contributed by atoms with van der Waals surface area (Å²) in [5, 5.41) is 0. The molecule has 1 unspecified atom stereocenters. The van der Waals surface area contributed by atoms with Gasteiger partial charge in [0.2, 0.25) is 0 Å². The van der Waals surface area contributed by atoms with E-state index in [-0.39, 0.29) is 5.60 Å². The minimum atomic E-state index is -0.117. The summed E-state index contributed by atoms with van der Waals surface area (Å²) in [4.78, 5) is 0. The van der Waals surface area contributed by atoms with Gasteiger partial charge in [0.25, 0.3) is 0 Å². The molecule has 0 saturated heterocycles. The molecule has 1 aromatic rings. The van der Waals surface area contributed by atoms with E-state index in [1.54, 1.807) is 0 Å². The fraction of sp³-hybridized carbons (Fsp3) is 0.500. The Hall–Kier alpha value is 0.480. The molecule has 84 valence electrons. The van der Waals surface area contributed by atoms with E-state index in [2.05, 4.69) is 90.2 Å². The van der Waals surface area contributed by atoms with Gasteiger partial charge in [-0.25, -0.2) is 0 Å². The topological polar surface area (TPSA) is 9.23 Å². The number of hydrogen-bond donors (Lipinski definition) is 0. The SMILES string of the molecule is CC(C)(C)Oc1ccc(C(I)CI)cc1. The van der Waals surface area contributed by atoms with Crippen molar-refractivity contribution < 1.29 is 4.74 Å². The van der Waals surface area contributed by atoms with Crippen LogP contribution in [-0.4, -0.2) is 10.0 Å². The Morgan fingerprint density at radius 3 is 2.13 bits per heavy atom.